The molecule has 0 spiro atoms. The molecule has 0 aliphatic rings. The average molecular weight is 344 g/mol. The monoisotopic (exact) mass is 344 g/mol. The third-order valence-corrected chi connectivity index (χ3v) is 4.72. The minimum Gasteiger partial charge on any atom is -0.456 e. The Kier molecular flexibility index (Phi) is 4.39. The fraction of sp³-hybridized carbons (Fsp3) is 0.217. The van der Waals surface area contributed by atoms with Crippen molar-refractivity contribution in [2.45, 2.75) is 13.1 Å². The molecule has 0 radical (unpaired) electrons. The highest BCUT2D eigenvalue weighted by atomic mass is 16.3. The van der Waals surface area contributed by atoms with Crippen molar-refractivity contribution < 1.29 is 4.42 Å². The van der Waals surface area contributed by atoms with Crippen molar-refractivity contribution in [3.63, 3.8) is 0 Å². The topological polar surface area (TPSA) is 19.6 Å². The zero-order chi connectivity index (χ0) is 18.1. The number of hydrogen-bond acceptors (Lipinski definition) is 3. The predicted molar refractivity (Wildman–Crippen MR) is 110 cm³/mol. The Hall–Kier alpha value is -2.78. The molecule has 0 unspecified atom stereocenters. The molecule has 0 fully saturated rings. The molecule has 3 nitrogen and oxygen atoms in total. The second-order valence-electron chi connectivity index (χ2n) is 7.19. The van der Waals surface area contributed by atoms with Crippen molar-refractivity contribution >= 4 is 27.6 Å². The standard InChI is InChI=1S/C23H24N2O/c1-24(2)15-17-10-12-22-21(13-17)20-11-9-18(14-23(20)26-22)16-25(3)19-7-5-4-6-8-19/h4-14H,15-16H2,1-3H3. The molecule has 1 heterocycles. The number of rotatable bonds is 5. The van der Waals surface area contributed by atoms with Gasteiger partial charge in [-0.25, -0.2) is 0 Å². The van der Waals surface area contributed by atoms with Crippen molar-refractivity contribution in [1.82, 2.24) is 4.90 Å². The lowest BCUT2D eigenvalue weighted by Gasteiger charge is -2.19. The van der Waals surface area contributed by atoms with Gasteiger partial charge in [-0.3, -0.25) is 0 Å². The van der Waals surface area contributed by atoms with Crippen LogP contribution in [0, 0.1) is 0 Å². The molecule has 132 valence electrons. The summed E-state index contributed by atoms with van der Waals surface area (Å²) in [5.74, 6) is 0. The summed E-state index contributed by atoms with van der Waals surface area (Å²) in [5.41, 5.74) is 5.68. The molecule has 0 N–H and O–H groups in total. The molecule has 1 aromatic heterocycles. The summed E-state index contributed by atoms with van der Waals surface area (Å²) >= 11 is 0. The molecule has 4 aromatic rings. The number of nitrogens with zero attached hydrogens (tertiary/aromatic N) is 2. The van der Waals surface area contributed by atoms with E-state index in [0.29, 0.717) is 0 Å². The van der Waals surface area contributed by atoms with Crippen LogP contribution in [0.5, 0.6) is 0 Å². The van der Waals surface area contributed by atoms with Crippen LogP contribution in [0.1, 0.15) is 11.1 Å². The minimum absolute atomic E-state index is 0.850. The van der Waals surface area contributed by atoms with Gasteiger partial charge >= 0.3 is 0 Å². The lowest BCUT2D eigenvalue weighted by molar-refractivity contribution is 0.402. The second kappa shape index (κ2) is 6.85. The lowest BCUT2D eigenvalue weighted by atomic mass is 10.1. The van der Waals surface area contributed by atoms with Gasteiger partial charge in [0.25, 0.3) is 0 Å². The maximum Gasteiger partial charge on any atom is 0.135 e. The Morgan fingerprint density at radius 1 is 0.692 bits per heavy atom. The van der Waals surface area contributed by atoms with Gasteiger partial charge in [0.1, 0.15) is 11.2 Å². The lowest BCUT2D eigenvalue weighted by Crippen LogP contribution is -2.15. The van der Waals surface area contributed by atoms with E-state index in [0.717, 1.165) is 24.3 Å². The molecule has 0 aliphatic heterocycles. The SMILES string of the molecule is CN(C)Cc1ccc2oc3cc(CN(C)c4ccccc4)ccc3c2c1. The summed E-state index contributed by atoms with van der Waals surface area (Å²) in [6, 6.07) is 23.5. The van der Waals surface area contributed by atoms with Crippen molar-refractivity contribution in [3.05, 3.63) is 77.9 Å². The molecule has 3 heteroatoms. The van der Waals surface area contributed by atoms with E-state index in [-0.39, 0.29) is 0 Å². The zero-order valence-corrected chi connectivity index (χ0v) is 15.6. The van der Waals surface area contributed by atoms with Crippen molar-refractivity contribution in [2.75, 3.05) is 26.0 Å². The summed E-state index contributed by atoms with van der Waals surface area (Å²) in [4.78, 5) is 4.43. The Balaban J connectivity index is 1.66. The molecular formula is C23H24N2O. The van der Waals surface area contributed by atoms with Gasteiger partial charge in [-0.1, -0.05) is 36.4 Å². The van der Waals surface area contributed by atoms with E-state index in [1.165, 1.54) is 27.6 Å². The Labute approximate surface area is 154 Å². The van der Waals surface area contributed by atoms with Crippen molar-refractivity contribution in [1.29, 1.82) is 0 Å². The van der Waals surface area contributed by atoms with Crippen LogP contribution in [0.15, 0.2) is 71.1 Å². The van der Waals surface area contributed by atoms with E-state index >= 15 is 0 Å². The first-order chi connectivity index (χ1) is 12.6. The highest BCUT2D eigenvalue weighted by molar-refractivity contribution is 6.05. The largest absolute Gasteiger partial charge is 0.456 e. The van der Waals surface area contributed by atoms with Crippen LogP contribution >= 0.6 is 0 Å². The Morgan fingerprint density at radius 2 is 1.42 bits per heavy atom. The van der Waals surface area contributed by atoms with E-state index in [2.05, 4.69) is 91.6 Å². The van der Waals surface area contributed by atoms with Gasteiger partial charge in [-0.05, 0) is 55.6 Å². The number of benzene rings is 3. The van der Waals surface area contributed by atoms with Crippen LogP contribution in [-0.4, -0.2) is 26.0 Å². The third-order valence-electron chi connectivity index (χ3n) is 4.72. The Bertz CT molecular complexity index is 1030. The van der Waals surface area contributed by atoms with Gasteiger partial charge in [0.05, 0.1) is 0 Å². The quantitative estimate of drug-likeness (QED) is 0.491. The van der Waals surface area contributed by atoms with Gasteiger partial charge < -0.3 is 14.2 Å². The predicted octanol–water partition coefficient (Wildman–Crippen LogP) is 5.28. The number of para-hydroxylation sites is 1. The van der Waals surface area contributed by atoms with Crippen LogP contribution in [0.25, 0.3) is 21.9 Å². The summed E-state index contributed by atoms with van der Waals surface area (Å²) in [7, 11) is 6.30. The van der Waals surface area contributed by atoms with Crippen LogP contribution in [0.3, 0.4) is 0 Å². The number of furan rings is 1. The zero-order valence-electron chi connectivity index (χ0n) is 15.6. The van der Waals surface area contributed by atoms with Crippen molar-refractivity contribution in [2.24, 2.45) is 0 Å². The molecule has 0 saturated heterocycles. The van der Waals surface area contributed by atoms with Gasteiger partial charge in [-0.15, -0.1) is 0 Å². The molecule has 0 amide bonds. The Morgan fingerprint density at radius 3 is 2.19 bits per heavy atom. The van der Waals surface area contributed by atoms with Crippen molar-refractivity contribution in [3.8, 4) is 0 Å². The average Bonchev–Trinajstić information content (AvgIpc) is 2.99. The molecular weight excluding hydrogens is 320 g/mol. The number of fused-ring (bicyclic) bond motifs is 3. The summed E-state index contributed by atoms with van der Waals surface area (Å²) < 4.78 is 6.11. The summed E-state index contributed by atoms with van der Waals surface area (Å²) in [5, 5.41) is 2.38. The van der Waals surface area contributed by atoms with Gasteiger partial charge in [-0.2, -0.15) is 0 Å². The van der Waals surface area contributed by atoms with Gasteiger partial charge in [0, 0.05) is 36.6 Å². The molecule has 0 atom stereocenters. The first-order valence-corrected chi connectivity index (χ1v) is 8.95. The number of anilines is 1. The molecule has 3 aromatic carbocycles. The first-order valence-electron chi connectivity index (χ1n) is 8.95. The number of hydrogen-bond donors (Lipinski definition) is 0. The normalized spacial score (nSPS) is 11.5. The van der Waals surface area contributed by atoms with Crippen LogP contribution in [0.4, 0.5) is 5.69 Å². The molecule has 0 aliphatic carbocycles. The third kappa shape index (κ3) is 3.31. The fourth-order valence-electron chi connectivity index (χ4n) is 3.48. The fourth-order valence-corrected chi connectivity index (χ4v) is 3.48. The molecule has 0 saturated carbocycles. The van der Waals surface area contributed by atoms with Crippen LogP contribution in [0.2, 0.25) is 0 Å². The first kappa shape index (κ1) is 16.7. The van der Waals surface area contributed by atoms with E-state index in [4.69, 9.17) is 4.42 Å². The highest BCUT2D eigenvalue weighted by Crippen LogP contribution is 2.31. The molecule has 4 rings (SSSR count). The molecule has 26 heavy (non-hydrogen) atoms. The van der Waals surface area contributed by atoms with E-state index in [9.17, 15) is 0 Å². The van der Waals surface area contributed by atoms with Gasteiger partial charge in [0.2, 0.25) is 0 Å². The van der Waals surface area contributed by atoms with Gasteiger partial charge in [0.15, 0.2) is 0 Å². The van der Waals surface area contributed by atoms with Crippen LogP contribution < -0.4 is 4.90 Å². The smallest absolute Gasteiger partial charge is 0.135 e. The maximum absolute atomic E-state index is 6.11. The summed E-state index contributed by atoms with van der Waals surface area (Å²) in [6.45, 7) is 1.78. The maximum atomic E-state index is 6.11. The van der Waals surface area contributed by atoms with E-state index < -0.39 is 0 Å². The van der Waals surface area contributed by atoms with E-state index in [1.54, 1.807) is 0 Å². The van der Waals surface area contributed by atoms with E-state index in [1.807, 2.05) is 6.07 Å². The summed E-state index contributed by atoms with van der Waals surface area (Å²) in [6.07, 6.45) is 0. The molecule has 0 bridgehead atoms. The minimum atomic E-state index is 0.850. The van der Waals surface area contributed by atoms with Crippen LogP contribution in [-0.2, 0) is 13.1 Å². The second-order valence-corrected chi connectivity index (χ2v) is 7.19. The highest BCUT2D eigenvalue weighted by Gasteiger charge is 2.10.